The number of thiazole rings is 1. The highest BCUT2D eigenvalue weighted by Gasteiger charge is 2.19. The minimum atomic E-state index is -0.251. The number of benzene rings is 1. The van der Waals surface area contributed by atoms with Gasteiger partial charge in [-0.25, -0.2) is 15.0 Å². The van der Waals surface area contributed by atoms with Gasteiger partial charge in [-0.1, -0.05) is 61.1 Å². The quantitative estimate of drug-likeness (QED) is 0.285. The molecule has 0 saturated carbocycles. The van der Waals surface area contributed by atoms with Crippen LogP contribution in [0.2, 0.25) is 5.02 Å². The van der Waals surface area contributed by atoms with Crippen molar-refractivity contribution in [3.63, 3.8) is 0 Å². The van der Waals surface area contributed by atoms with E-state index in [1.165, 1.54) is 43.4 Å². The summed E-state index contributed by atoms with van der Waals surface area (Å²) in [6, 6.07) is 7.42. The number of rotatable bonds is 5. The SMILES string of the molecule is C=O.CC1(C)CC/C=C/CCC1.Cc1nc(Nc2ncc(C(=O)Nc3c(C)cccc3Cl)s2)cc(N2CCN(C)CC2)n1. The fraction of sp³-hybridized carbons (Fsp3) is 0.469. The Morgan fingerprint density at radius 3 is 2.49 bits per heavy atom. The molecular weight excluding hydrogens is 582 g/mol. The van der Waals surface area contributed by atoms with Crippen LogP contribution in [0.1, 0.15) is 67.0 Å². The van der Waals surface area contributed by atoms with Crippen molar-refractivity contribution < 1.29 is 9.59 Å². The van der Waals surface area contributed by atoms with Gasteiger partial charge in [0.1, 0.15) is 29.1 Å². The van der Waals surface area contributed by atoms with Gasteiger partial charge in [0.15, 0.2) is 5.13 Å². The molecule has 0 radical (unpaired) electrons. The zero-order valence-electron chi connectivity index (χ0n) is 26.0. The van der Waals surface area contributed by atoms with Crippen molar-refractivity contribution in [3.8, 4) is 0 Å². The van der Waals surface area contributed by atoms with Crippen LogP contribution in [0.25, 0.3) is 0 Å². The van der Waals surface area contributed by atoms with Crippen LogP contribution in [0.15, 0.2) is 42.6 Å². The van der Waals surface area contributed by atoms with Gasteiger partial charge in [0, 0.05) is 32.2 Å². The van der Waals surface area contributed by atoms with Gasteiger partial charge in [0.2, 0.25) is 0 Å². The molecule has 1 fully saturated rings. The molecule has 9 nitrogen and oxygen atoms in total. The van der Waals surface area contributed by atoms with Crippen LogP contribution in [0.3, 0.4) is 0 Å². The number of halogens is 1. The lowest BCUT2D eigenvalue weighted by Gasteiger charge is -2.33. The summed E-state index contributed by atoms with van der Waals surface area (Å²) in [7, 11) is 2.12. The fourth-order valence-corrected chi connectivity index (χ4v) is 5.85. The number of amides is 1. The van der Waals surface area contributed by atoms with Gasteiger partial charge in [-0.05, 0) is 70.0 Å². The molecule has 1 aromatic carbocycles. The van der Waals surface area contributed by atoms with Gasteiger partial charge in [0.25, 0.3) is 5.91 Å². The van der Waals surface area contributed by atoms with Crippen LogP contribution in [0, 0.1) is 19.3 Å². The number of hydrogen-bond donors (Lipinski definition) is 2. The summed E-state index contributed by atoms with van der Waals surface area (Å²) in [6.45, 7) is 14.4. The van der Waals surface area contributed by atoms with Crippen molar-refractivity contribution >= 4 is 58.1 Å². The molecule has 232 valence electrons. The molecule has 1 aliphatic carbocycles. The Kier molecular flexibility index (Phi) is 13.1. The highest BCUT2D eigenvalue weighted by atomic mass is 35.5. The Morgan fingerprint density at radius 1 is 1.05 bits per heavy atom. The Labute approximate surface area is 264 Å². The lowest BCUT2D eigenvalue weighted by molar-refractivity contribution is -0.0980. The zero-order chi connectivity index (χ0) is 31.4. The molecule has 2 N–H and O–H groups in total. The lowest BCUT2D eigenvalue weighted by Crippen LogP contribution is -2.44. The second-order valence-electron chi connectivity index (χ2n) is 11.6. The normalized spacial score (nSPS) is 17.2. The number of hydrogen-bond acceptors (Lipinski definition) is 9. The molecule has 1 amide bonds. The fourth-order valence-electron chi connectivity index (χ4n) is 4.86. The number of aromatic nitrogens is 3. The molecule has 3 aromatic rings. The van der Waals surface area contributed by atoms with E-state index in [1.54, 1.807) is 12.3 Å². The van der Waals surface area contributed by atoms with Crippen molar-refractivity contribution in [1.29, 1.82) is 0 Å². The maximum atomic E-state index is 12.7. The summed E-state index contributed by atoms with van der Waals surface area (Å²) in [4.78, 5) is 39.1. The first-order valence-electron chi connectivity index (χ1n) is 14.6. The molecule has 0 spiro atoms. The first-order valence-corrected chi connectivity index (χ1v) is 15.8. The summed E-state index contributed by atoms with van der Waals surface area (Å²) in [5.41, 5.74) is 2.11. The number of para-hydroxylation sites is 1. The van der Waals surface area contributed by atoms with E-state index >= 15 is 0 Å². The summed E-state index contributed by atoms with van der Waals surface area (Å²) in [5.74, 6) is 1.98. The first kappa shape index (κ1) is 34.2. The summed E-state index contributed by atoms with van der Waals surface area (Å²) in [6.07, 6.45) is 12.9. The van der Waals surface area contributed by atoms with Crippen LogP contribution < -0.4 is 15.5 Å². The summed E-state index contributed by atoms with van der Waals surface area (Å²) in [5, 5.41) is 7.17. The van der Waals surface area contributed by atoms with Crippen molar-refractivity contribution in [1.82, 2.24) is 19.9 Å². The van der Waals surface area contributed by atoms with E-state index in [-0.39, 0.29) is 5.91 Å². The lowest BCUT2D eigenvalue weighted by atomic mass is 9.81. The monoisotopic (exact) mass is 625 g/mol. The zero-order valence-corrected chi connectivity index (χ0v) is 27.5. The second-order valence-corrected chi connectivity index (χ2v) is 13.0. The molecule has 11 heteroatoms. The number of likely N-dealkylation sites (N-methyl/N-ethyl adjacent to an activating group) is 1. The maximum absolute atomic E-state index is 12.7. The minimum absolute atomic E-state index is 0.251. The van der Waals surface area contributed by atoms with E-state index in [2.05, 4.69) is 68.4 Å². The number of nitrogens with one attached hydrogen (secondary N) is 2. The molecule has 1 saturated heterocycles. The first-order chi connectivity index (χ1) is 20.6. The maximum Gasteiger partial charge on any atom is 0.267 e. The molecule has 1 aliphatic heterocycles. The van der Waals surface area contributed by atoms with Crippen molar-refractivity contribution in [2.24, 2.45) is 5.41 Å². The van der Waals surface area contributed by atoms with E-state index in [9.17, 15) is 4.79 Å². The number of piperazine rings is 1. The Morgan fingerprint density at radius 2 is 1.77 bits per heavy atom. The van der Waals surface area contributed by atoms with Crippen molar-refractivity contribution in [2.45, 2.75) is 59.8 Å². The molecule has 0 atom stereocenters. The molecule has 43 heavy (non-hydrogen) atoms. The van der Waals surface area contributed by atoms with Crippen LogP contribution >= 0.6 is 22.9 Å². The Hall–Kier alpha value is -3.34. The van der Waals surface area contributed by atoms with E-state index in [0.29, 0.717) is 37.8 Å². The summed E-state index contributed by atoms with van der Waals surface area (Å²) >= 11 is 7.47. The molecule has 3 heterocycles. The predicted octanol–water partition coefficient (Wildman–Crippen LogP) is 7.30. The van der Waals surface area contributed by atoms with Crippen molar-refractivity contribution in [3.05, 3.63) is 63.9 Å². The number of nitrogens with zero attached hydrogens (tertiary/aromatic N) is 5. The average molecular weight is 626 g/mol. The Bertz CT molecular complexity index is 1350. The number of aryl methyl sites for hydroxylation is 2. The highest BCUT2D eigenvalue weighted by molar-refractivity contribution is 7.17. The molecule has 0 bridgehead atoms. The predicted molar refractivity (Wildman–Crippen MR) is 179 cm³/mol. The second kappa shape index (κ2) is 16.5. The molecule has 0 unspecified atom stereocenters. The van der Waals surface area contributed by atoms with E-state index in [4.69, 9.17) is 16.4 Å². The van der Waals surface area contributed by atoms with Gasteiger partial charge in [-0.15, -0.1) is 0 Å². The van der Waals surface area contributed by atoms with Gasteiger partial charge in [-0.3, -0.25) is 4.79 Å². The Balaban J connectivity index is 0.000000356. The smallest absolute Gasteiger partial charge is 0.267 e. The van der Waals surface area contributed by atoms with Gasteiger partial charge < -0.3 is 25.2 Å². The van der Waals surface area contributed by atoms with E-state index in [1.807, 2.05) is 38.8 Å². The van der Waals surface area contributed by atoms with E-state index < -0.39 is 0 Å². The van der Waals surface area contributed by atoms with Crippen LogP contribution in [-0.2, 0) is 4.79 Å². The van der Waals surface area contributed by atoms with Gasteiger partial charge >= 0.3 is 0 Å². The number of carbonyl (C=O) groups is 2. The molecule has 2 aliphatic rings. The molecule has 2 aromatic heterocycles. The van der Waals surface area contributed by atoms with Crippen molar-refractivity contribution in [2.75, 3.05) is 48.8 Å². The highest BCUT2D eigenvalue weighted by Crippen LogP contribution is 2.31. The van der Waals surface area contributed by atoms with Crippen LogP contribution in [-0.4, -0.2) is 65.8 Å². The van der Waals surface area contributed by atoms with Crippen LogP contribution in [0.4, 0.5) is 22.5 Å². The molecule has 5 rings (SSSR count). The largest absolute Gasteiger partial charge is 0.354 e. The minimum Gasteiger partial charge on any atom is -0.354 e. The standard InChI is InChI=1S/C21H24ClN7OS.C10H18.CH2O/c1-13-5-4-6-15(22)19(13)27-20(30)16-12-23-21(31-16)26-17-11-18(25-14(2)24-17)29-9-7-28(3)8-10-29;1-10(2)8-6-4-3-5-7-9-10;1-2/h4-6,11-12H,7-10H2,1-3H3,(H,27,30)(H,23,24,25,26);3-4H,5-9H2,1-2H3;1H2/b;4-3+;. The number of allylic oxidation sites excluding steroid dienone is 2. The van der Waals surface area contributed by atoms with Crippen LogP contribution in [0.5, 0.6) is 0 Å². The van der Waals surface area contributed by atoms with E-state index in [0.717, 1.165) is 37.6 Å². The third-order valence-electron chi connectivity index (χ3n) is 7.46. The number of carbonyl (C=O) groups excluding carboxylic acids is 2. The summed E-state index contributed by atoms with van der Waals surface area (Å²) < 4.78 is 0. The van der Waals surface area contributed by atoms with Gasteiger partial charge in [-0.2, -0.15) is 0 Å². The topological polar surface area (TPSA) is 103 Å². The number of anilines is 4. The third-order valence-corrected chi connectivity index (χ3v) is 8.68. The average Bonchev–Trinajstić information content (AvgIpc) is 3.43. The van der Waals surface area contributed by atoms with Gasteiger partial charge in [0.05, 0.1) is 16.9 Å². The molecular formula is C32H44ClN7O2S. The third kappa shape index (κ3) is 10.7.